The van der Waals surface area contributed by atoms with Crippen LogP contribution in [-0.2, 0) is 0 Å². The lowest BCUT2D eigenvalue weighted by Crippen LogP contribution is -2.20. The zero-order valence-electron chi connectivity index (χ0n) is 13.7. The molecular formula is C18H31NO. The second kappa shape index (κ2) is 9.82. The number of hydrogen-bond acceptors (Lipinski definition) is 2. The van der Waals surface area contributed by atoms with Crippen LogP contribution >= 0.6 is 0 Å². The van der Waals surface area contributed by atoms with Crippen molar-refractivity contribution < 1.29 is 4.74 Å². The summed E-state index contributed by atoms with van der Waals surface area (Å²) in [5, 5.41) is 3.60. The number of aryl methyl sites for hydroxylation is 1. The zero-order chi connectivity index (χ0) is 14.8. The molecule has 1 rings (SSSR count). The van der Waals surface area contributed by atoms with Crippen LogP contribution in [0.15, 0.2) is 18.2 Å². The first-order chi connectivity index (χ1) is 9.69. The van der Waals surface area contributed by atoms with E-state index in [0.717, 1.165) is 12.3 Å². The molecule has 1 N–H and O–H groups in total. The molecule has 0 heterocycles. The van der Waals surface area contributed by atoms with Gasteiger partial charge in [0.2, 0.25) is 0 Å². The Labute approximate surface area is 124 Å². The Morgan fingerprint density at radius 2 is 1.80 bits per heavy atom. The molecule has 1 aromatic carbocycles. The van der Waals surface area contributed by atoms with E-state index >= 15 is 0 Å². The lowest BCUT2D eigenvalue weighted by atomic mass is 10.0. The molecule has 1 aromatic rings. The summed E-state index contributed by atoms with van der Waals surface area (Å²) in [7, 11) is 1.75. The van der Waals surface area contributed by atoms with Crippen LogP contribution < -0.4 is 10.1 Å². The molecule has 20 heavy (non-hydrogen) atoms. The van der Waals surface area contributed by atoms with Crippen molar-refractivity contribution in [2.45, 2.75) is 65.3 Å². The molecule has 0 saturated carbocycles. The molecule has 0 radical (unpaired) electrons. The van der Waals surface area contributed by atoms with Gasteiger partial charge in [-0.15, -0.1) is 0 Å². The number of hydrogen-bond donors (Lipinski definition) is 1. The van der Waals surface area contributed by atoms with Crippen molar-refractivity contribution in [1.29, 1.82) is 0 Å². The van der Waals surface area contributed by atoms with Crippen LogP contribution in [0.2, 0.25) is 0 Å². The highest BCUT2D eigenvalue weighted by Crippen LogP contribution is 2.26. The van der Waals surface area contributed by atoms with Gasteiger partial charge in [-0.05, 0) is 38.4 Å². The summed E-state index contributed by atoms with van der Waals surface area (Å²) in [4.78, 5) is 0. The van der Waals surface area contributed by atoms with Crippen molar-refractivity contribution in [2.75, 3.05) is 13.7 Å². The second-order valence-corrected chi connectivity index (χ2v) is 5.69. The molecule has 2 heteroatoms. The Hall–Kier alpha value is -1.02. The molecule has 2 nitrogen and oxygen atoms in total. The average molecular weight is 277 g/mol. The van der Waals surface area contributed by atoms with Gasteiger partial charge in [-0.25, -0.2) is 0 Å². The minimum Gasteiger partial charge on any atom is -0.496 e. The maximum absolute atomic E-state index is 5.48. The second-order valence-electron chi connectivity index (χ2n) is 5.69. The van der Waals surface area contributed by atoms with E-state index in [9.17, 15) is 0 Å². The quantitative estimate of drug-likeness (QED) is 0.607. The molecule has 0 spiro atoms. The van der Waals surface area contributed by atoms with Crippen molar-refractivity contribution >= 4 is 0 Å². The van der Waals surface area contributed by atoms with E-state index in [2.05, 4.69) is 44.3 Å². The molecular weight excluding hydrogens is 246 g/mol. The van der Waals surface area contributed by atoms with Crippen LogP contribution in [0, 0.1) is 6.92 Å². The van der Waals surface area contributed by atoms with E-state index < -0.39 is 0 Å². The van der Waals surface area contributed by atoms with Crippen molar-refractivity contribution in [2.24, 2.45) is 0 Å². The first-order valence-corrected chi connectivity index (χ1v) is 8.07. The van der Waals surface area contributed by atoms with Crippen LogP contribution in [0.25, 0.3) is 0 Å². The van der Waals surface area contributed by atoms with E-state index in [-0.39, 0.29) is 0 Å². The standard InChI is InChI=1S/C18H31NO/c1-5-6-7-8-9-10-13-19-16(3)17-12-11-15(2)14-18(17)20-4/h11-12,14,16,19H,5-10,13H2,1-4H3. The third kappa shape index (κ3) is 5.96. The minimum atomic E-state index is 0.348. The van der Waals surface area contributed by atoms with Gasteiger partial charge in [-0.1, -0.05) is 51.2 Å². The topological polar surface area (TPSA) is 21.3 Å². The lowest BCUT2D eigenvalue weighted by molar-refractivity contribution is 0.400. The molecule has 0 saturated heterocycles. The largest absolute Gasteiger partial charge is 0.496 e. The fourth-order valence-corrected chi connectivity index (χ4v) is 2.51. The number of unbranched alkanes of at least 4 members (excludes halogenated alkanes) is 5. The molecule has 1 unspecified atom stereocenters. The van der Waals surface area contributed by atoms with Crippen molar-refractivity contribution in [1.82, 2.24) is 5.32 Å². The number of rotatable bonds is 10. The summed E-state index contributed by atoms with van der Waals surface area (Å²) >= 11 is 0. The number of nitrogens with one attached hydrogen (secondary N) is 1. The van der Waals surface area contributed by atoms with Gasteiger partial charge in [0.15, 0.2) is 0 Å². The van der Waals surface area contributed by atoms with Crippen LogP contribution in [-0.4, -0.2) is 13.7 Å². The summed E-state index contributed by atoms with van der Waals surface area (Å²) in [5.74, 6) is 0.993. The average Bonchev–Trinajstić information content (AvgIpc) is 2.45. The summed E-state index contributed by atoms with van der Waals surface area (Å²) in [6.07, 6.45) is 8.06. The molecule has 114 valence electrons. The van der Waals surface area contributed by atoms with E-state index in [1.54, 1.807) is 7.11 Å². The highest BCUT2D eigenvalue weighted by Gasteiger charge is 2.10. The highest BCUT2D eigenvalue weighted by atomic mass is 16.5. The number of methoxy groups -OCH3 is 1. The lowest BCUT2D eigenvalue weighted by Gasteiger charge is -2.17. The van der Waals surface area contributed by atoms with Crippen molar-refractivity contribution in [3.05, 3.63) is 29.3 Å². The Morgan fingerprint density at radius 3 is 2.50 bits per heavy atom. The maximum Gasteiger partial charge on any atom is 0.123 e. The summed E-state index contributed by atoms with van der Waals surface area (Å²) in [6, 6.07) is 6.78. The summed E-state index contributed by atoms with van der Waals surface area (Å²) in [6.45, 7) is 7.66. The summed E-state index contributed by atoms with van der Waals surface area (Å²) in [5.41, 5.74) is 2.50. The molecule has 0 amide bonds. The number of ether oxygens (including phenoxy) is 1. The third-order valence-electron chi connectivity index (χ3n) is 3.84. The van der Waals surface area contributed by atoms with Crippen molar-refractivity contribution in [3.63, 3.8) is 0 Å². The Bertz CT molecular complexity index is 376. The molecule has 0 aliphatic heterocycles. The number of benzene rings is 1. The Kier molecular flexibility index (Phi) is 8.36. The highest BCUT2D eigenvalue weighted by molar-refractivity contribution is 5.38. The fourth-order valence-electron chi connectivity index (χ4n) is 2.51. The van der Waals surface area contributed by atoms with Gasteiger partial charge in [0.05, 0.1) is 7.11 Å². The van der Waals surface area contributed by atoms with Crippen LogP contribution in [0.5, 0.6) is 5.75 Å². The maximum atomic E-state index is 5.48. The Morgan fingerprint density at radius 1 is 1.10 bits per heavy atom. The minimum absolute atomic E-state index is 0.348. The predicted octanol–water partition coefficient (Wildman–Crippen LogP) is 5.01. The Balaban J connectivity index is 2.30. The van der Waals surface area contributed by atoms with Gasteiger partial charge in [0, 0.05) is 11.6 Å². The molecule has 1 atom stereocenters. The van der Waals surface area contributed by atoms with Gasteiger partial charge in [0.25, 0.3) is 0 Å². The molecule has 0 bridgehead atoms. The van der Waals surface area contributed by atoms with Gasteiger partial charge in [-0.3, -0.25) is 0 Å². The van der Waals surface area contributed by atoms with Gasteiger partial charge >= 0.3 is 0 Å². The SMILES string of the molecule is CCCCCCCCNC(C)c1ccc(C)cc1OC. The monoisotopic (exact) mass is 277 g/mol. The van der Waals surface area contributed by atoms with E-state index in [4.69, 9.17) is 4.74 Å². The fraction of sp³-hybridized carbons (Fsp3) is 0.667. The van der Waals surface area contributed by atoms with Gasteiger partial charge in [-0.2, -0.15) is 0 Å². The van der Waals surface area contributed by atoms with Crippen LogP contribution in [0.1, 0.15) is 69.5 Å². The summed E-state index contributed by atoms with van der Waals surface area (Å²) < 4.78 is 5.48. The zero-order valence-corrected chi connectivity index (χ0v) is 13.7. The van der Waals surface area contributed by atoms with E-state index in [1.807, 2.05) is 0 Å². The van der Waals surface area contributed by atoms with Crippen LogP contribution in [0.4, 0.5) is 0 Å². The van der Waals surface area contributed by atoms with Gasteiger partial charge in [0.1, 0.15) is 5.75 Å². The smallest absolute Gasteiger partial charge is 0.123 e. The predicted molar refractivity (Wildman–Crippen MR) is 87.5 cm³/mol. The first-order valence-electron chi connectivity index (χ1n) is 8.07. The molecule has 0 aliphatic rings. The molecule has 0 fully saturated rings. The van der Waals surface area contributed by atoms with Crippen molar-refractivity contribution in [3.8, 4) is 5.75 Å². The first kappa shape index (κ1) is 17.0. The van der Waals surface area contributed by atoms with Gasteiger partial charge < -0.3 is 10.1 Å². The molecule has 0 aliphatic carbocycles. The molecule has 0 aromatic heterocycles. The third-order valence-corrected chi connectivity index (χ3v) is 3.84. The normalized spacial score (nSPS) is 12.4. The van der Waals surface area contributed by atoms with Crippen LogP contribution in [0.3, 0.4) is 0 Å². The van der Waals surface area contributed by atoms with E-state index in [0.29, 0.717) is 6.04 Å². The van der Waals surface area contributed by atoms with E-state index in [1.165, 1.54) is 49.7 Å².